The molecule has 1 aliphatic rings. The van der Waals surface area contributed by atoms with E-state index in [1.54, 1.807) is 11.1 Å². The topological polar surface area (TPSA) is 49.4 Å². The zero-order valence-electron chi connectivity index (χ0n) is 15.3. The summed E-state index contributed by atoms with van der Waals surface area (Å²) < 4.78 is 0. The van der Waals surface area contributed by atoms with Crippen LogP contribution < -0.4 is 5.43 Å². The average molecular weight is 358 g/mol. The summed E-state index contributed by atoms with van der Waals surface area (Å²) in [5, 5.41) is 3.44. The van der Waals surface area contributed by atoms with Gasteiger partial charge in [0.25, 0.3) is 5.91 Å². The van der Waals surface area contributed by atoms with Gasteiger partial charge in [0, 0.05) is 17.9 Å². The van der Waals surface area contributed by atoms with Crippen LogP contribution in [-0.2, 0) is 4.79 Å². The number of benzene rings is 3. The number of hydrogen-bond donors (Lipinski definition) is 1. The van der Waals surface area contributed by atoms with E-state index in [1.807, 2.05) is 54.6 Å². The van der Waals surface area contributed by atoms with Crippen LogP contribution in [-0.4, -0.2) is 22.9 Å². The second-order valence-corrected chi connectivity index (χ2v) is 6.93. The Kier molecular flexibility index (Phi) is 4.63. The first-order valence-corrected chi connectivity index (χ1v) is 9.34. The number of carbonyl (C=O) groups excluding carboxylic acids is 2. The molecule has 2 atom stereocenters. The molecule has 1 N–H and O–H groups in total. The number of fused-ring (bicyclic) bond motifs is 1. The molecule has 4 heteroatoms. The van der Waals surface area contributed by atoms with Crippen molar-refractivity contribution in [2.24, 2.45) is 0 Å². The van der Waals surface area contributed by atoms with Gasteiger partial charge in [0.2, 0.25) is 5.91 Å². The fraction of sp³-hybridized carbons (Fsp3) is 0.217. The SMILES string of the molecule is CC[C@@H]1[C@H](c2ccccc2)CC(=O)N1NC(=O)c1cccc2ccccc12. The molecule has 3 aromatic rings. The summed E-state index contributed by atoms with van der Waals surface area (Å²) in [6.45, 7) is 2.05. The fourth-order valence-corrected chi connectivity index (χ4v) is 4.03. The molecule has 0 aliphatic carbocycles. The first-order valence-electron chi connectivity index (χ1n) is 9.34. The molecule has 27 heavy (non-hydrogen) atoms. The lowest BCUT2D eigenvalue weighted by molar-refractivity contribution is -0.131. The second-order valence-electron chi connectivity index (χ2n) is 6.93. The van der Waals surface area contributed by atoms with Crippen LogP contribution in [0.25, 0.3) is 10.8 Å². The highest BCUT2D eigenvalue weighted by atomic mass is 16.2. The molecule has 136 valence electrons. The van der Waals surface area contributed by atoms with Gasteiger partial charge in [-0.3, -0.25) is 20.0 Å². The molecule has 0 saturated carbocycles. The summed E-state index contributed by atoms with van der Waals surface area (Å²) >= 11 is 0. The molecule has 1 saturated heterocycles. The van der Waals surface area contributed by atoms with E-state index >= 15 is 0 Å². The molecule has 4 rings (SSSR count). The van der Waals surface area contributed by atoms with Crippen molar-refractivity contribution in [1.29, 1.82) is 0 Å². The summed E-state index contributed by atoms with van der Waals surface area (Å²) in [5.74, 6) is -0.187. The first kappa shape index (κ1) is 17.3. The van der Waals surface area contributed by atoms with Gasteiger partial charge in [-0.2, -0.15) is 0 Å². The monoisotopic (exact) mass is 358 g/mol. The summed E-state index contributed by atoms with van der Waals surface area (Å²) in [6.07, 6.45) is 1.19. The maximum Gasteiger partial charge on any atom is 0.270 e. The smallest absolute Gasteiger partial charge is 0.270 e. The van der Waals surface area contributed by atoms with E-state index in [0.29, 0.717) is 12.0 Å². The van der Waals surface area contributed by atoms with Gasteiger partial charge in [-0.25, -0.2) is 0 Å². The van der Waals surface area contributed by atoms with E-state index < -0.39 is 0 Å². The zero-order valence-corrected chi connectivity index (χ0v) is 15.3. The van der Waals surface area contributed by atoms with Crippen LogP contribution in [0.15, 0.2) is 72.8 Å². The van der Waals surface area contributed by atoms with Gasteiger partial charge in [-0.1, -0.05) is 73.7 Å². The Balaban J connectivity index is 1.61. The van der Waals surface area contributed by atoms with Crippen molar-refractivity contribution in [2.75, 3.05) is 0 Å². The number of nitrogens with zero attached hydrogens (tertiary/aromatic N) is 1. The van der Waals surface area contributed by atoms with Crippen molar-refractivity contribution >= 4 is 22.6 Å². The summed E-state index contributed by atoms with van der Waals surface area (Å²) in [6, 6.07) is 23.4. The van der Waals surface area contributed by atoms with Crippen LogP contribution in [0, 0.1) is 0 Å². The highest BCUT2D eigenvalue weighted by molar-refractivity contribution is 6.07. The molecule has 0 unspecified atom stereocenters. The van der Waals surface area contributed by atoms with Crippen molar-refractivity contribution < 1.29 is 9.59 Å². The number of carbonyl (C=O) groups is 2. The van der Waals surface area contributed by atoms with Crippen molar-refractivity contribution in [3.8, 4) is 0 Å². The predicted octanol–water partition coefficient (Wildman–Crippen LogP) is 4.28. The standard InChI is InChI=1S/C23H22N2O2/c1-2-21-20(17-9-4-3-5-10-17)15-22(26)25(21)24-23(27)19-14-8-12-16-11-6-7-13-18(16)19/h3-14,20-21H,2,15H2,1H3,(H,24,27)/t20-,21+/m0/s1. The van der Waals surface area contributed by atoms with Crippen LogP contribution in [0.2, 0.25) is 0 Å². The third kappa shape index (κ3) is 3.19. The Morgan fingerprint density at radius 2 is 1.70 bits per heavy atom. The van der Waals surface area contributed by atoms with Gasteiger partial charge in [-0.05, 0) is 28.8 Å². The quantitative estimate of drug-likeness (QED) is 0.757. The zero-order chi connectivity index (χ0) is 18.8. The van der Waals surface area contributed by atoms with E-state index in [1.165, 1.54) is 0 Å². The Hall–Kier alpha value is -3.14. The van der Waals surface area contributed by atoms with Gasteiger partial charge >= 0.3 is 0 Å². The molecule has 1 heterocycles. The maximum absolute atomic E-state index is 13.0. The van der Waals surface area contributed by atoms with Gasteiger partial charge in [-0.15, -0.1) is 0 Å². The minimum Gasteiger partial charge on any atom is -0.273 e. The summed E-state index contributed by atoms with van der Waals surface area (Å²) in [5.41, 5.74) is 4.60. The van der Waals surface area contributed by atoms with E-state index in [-0.39, 0.29) is 23.8 Å². The Morgan fingerprint density at radius 1 is 1.00 bits per heavy atom. The van der Waals surface area contributed by atoms with Crippen molar-refractivity contribution in [3.05, 3.63) is 83.9 Å². The first-order chi connectivity index (χ1) is 13.2. The molecule has 1 aliphatic heterocycles. The van der Waals surface area contributed by atoms with Crippen LogP contribution >= 0.6 is 0 Å². The molecular formula is C23H22N2O2. The number of rotatable bonds is 4. The number of hydrazine groups is 1. The van der Waals surface area contributed by atoms with E-state index in [2.05, 4.69) is 24.5 Å². The average Bonchev–Trinajstić information content (AvgIpc) is 3.03. The molecule has 2 amide bonds. The fourth-order valence-electron chi connectivity index (χ4n) is 4.03. The van der Waals surface area contributed by atoms with Crippen LogP contribution in [0.1, 0.15) is 41.6 Å². The van der Waals surface area contributed by atoms with E-state index in [0.717, 1.165) is 22.8 Å². The van der Waals surface area contributed by atoms with Gasteiger partial charge in [0.15, 0.2) is 0 Å². The number of amides is 2. The Labute approximate surface area is 158 Å². The Morgan fingerprint density at radius 3 is 2.48 bits per heavy atom. The highest BCUT2D eigenvalue weighted by Crippen LogP contribution is 2.35. The summed E-state index contributed by atoms with van der Waals surface area (Å²) in [7, 11) is 0. The van der Waals surface area contributed by atoms with E-state index in [4.69, 9.17) is 0 Å². The van der Waals surface area contributed by atoms with Crippen molar-refractivity contribution in [3.63, 3.8) is 0 Å². The predicted molar refractivity (Wildman–Crippen MR) is 106 cm³/mol. The molecule has 1 fully saturated rings. The number of nitrogens with one attached hydrogen (secondary N) is 1. The minimum atomic E-state index is -0.243. The van der Waals surface area contributed by atoms with Crippen LogP contribution in [0.4, 0.5) is 0 Å². The lowest BCUT2D eigenvalue weighted by atomic mass is 9.90. The molecule has 0 aromatic heterocycles. The molecule has 0 radical (unpaired) electrons. The molecule has 0 spiro atoms. The van der Waals surface area contributed by atoms with Gasteiger partial charge < -0.3 is 0 Å². The van der Waals surface area contributed by atoms with Crippen molar-refractivity contribution in [2.45, 2.75) is 31.7 Å². The highest BCUT2D eigenvalue weighted by Gasteiger charge is 2.40. The largest absolute Gasteiger partial charge is 0.273 e. The summed E-state index contributed by atoms with van der Waals surface area (Å²) in [4.78, 5) is 25.6. The lowest BCUT2D eigenvalue weighted by Gasteiger charge is -2.27. The van der Waals surface area contributed by atoms with E-state index in [9.17, 15) is 9.59 Å². The second kappa shape index (κ2) is 7.23. The lowest BCUT2D eigenvalue weighted by Crippen LogP contribution is -2.48. The maximum atomic E-state index is 13.0. The Bertz CT molecular complexity index is 979. The van der Waals surface area contributed by atoms with Crippen LogP contribution in [0.3, 0.4) is 0 Å². The van der Waals surface area contributed by atoms with Crippen molar-refractivity contribution in [1.82, 2.24) is 10.4 Å². The van der Waals surface area contributed by atoms with Gasteiger partial charge in [0.1, 0.15) is 0 Å². The number of hydrogen-bond acceptors (Lipinski definition) is 2. The third-order valence-electron chi connectivity index (χ3n) is 5.36. The van der Waals surface area contributed by atoms with Gasteiger partial charge in [0.05, 0.1) is 6.04 Å². The molecule has 3 aromatic carbocycles. The minimum absolute atomic E-state index is 0.0377. The molecular weight excluding hydrogens is 336 g/mol. The third-order valence-corrected chi connectivity index (χ3v) is 5.36. The molecule has 0 bridgehead atoms. The van der Waals surface area contributed by atoms with Crippen LogP contribution in [0.5, 0.6) is 0 Å². The normalized spacial score (nSPS) is 19.4. The molecule has 4 nitrogen and oxygen atoms in total.